The molecule has 0 saturated carbocycles. The van der Waals surface area contributed by atoms with Gasteiger partial charge in [-0.25, -0.2) is 4.39 Å². The molecule has 2 aliphatic heterocycles. The fraction of sp³-hybridized carbons (Fsp3) is 0.600. The monoisotopic (exact) mass is 363 g/mol. The van der Waals surface area contributed by atoms with Gasteiger partial charge in [0, 0.05) is 12.6 Å². The van der Waals surface area contributed by atoms with E-state index in [0.717, 1.165) is 18.5 Å². The van der Waals surface area contributed by atoms with Crippen molar-refractivity contribution >= 4 is 11.9 Å². The van der Waals surface area contributed by atoms with Crippen molar-refractivity contribution in [3.63, 3.8) is 0 Å². The molecule has 0 amide bonds. The SMILES string of the molecule is CC(C)OC(=O)C1(C(=O)OC(C)C)c2cc(F)ccc2CN2CCCC21. The third-order valence-electron chi connectivity index (χ3n) is 5.06. The lowest BCUT2D eigenvalue weighted by Crippen LogP contribution is -2.62. The standard InChI is InChI=1S/C20H26FNO4/c1-12(2)25-18(23)20(19(24)26-13(3)4)16-10-15(21)8-7-14(16)11-22-9-5-6-17(20)22/h7-8,10,12-13,17H,5-6,9,11H2,1-4H3. The van der Waals surface area contributed by atoms with E-state index in [9.17, 15) is 14.0 Å². The molecule has 0 bridgehead atoms. The summed E-state index contributed by atoms with van der Waals surface area (Å²) in [5, 5.41) is 0. The highest BCUT2D eigenvalue weighted by Gasteiger charge is 2.62. The van der Waals surface area contributed by atoms with E-state index in [1.54, 1.807) is 33.8 Å². The molecule has 1 aromatic rings. The molecule has 0 radical (unpaired) electrons. The summed E-state index contributed by atoms with van der Waals surface area (Å²) in [7, 11) is 0. The first-order valence-electron chi connectivity index (χ1n) is 9.22. The summed E-state index contributed by atoms with van der Waals surface area (Å²) in [6.45, 7) is 8.32. The Morgan fingerprint density at radius 3 is 2.35 bits per heavy atom. The van der Waals surface area contributed by atoms with Crippen LogP contribution in [0.1, 0.15) is 51.7 Å². The second-order valence-electron chi connectivity index (χ2n) is 7.65. The number of esters is 2. The maximum atomic E-state index is 14.1. The van der Waals surface area contributed by atoms with Gasteiger partial charge >= 0.3 is 11.9 Å². The Morgan fingerprint density at radius 2 is 1.77 bits per heavy atom. The molecule has 2 heterocycles. The molecule has 6 heteroatoms. The number of carbonyl (C=O) groups is 2. The van der Waals surface area contributed by atoms with Crippen LogP contribution in [0.15, 0.2) is 18.2 Å². The van der Waals surface area contributed by atoms with Crippen LogP contribution in [-0.2, 0) is 31.0 Å². The third kappa shape index (κ3) is 3.00. The molecular weight excluding hydrogens is 337 g/mol. The van der Waals surface area contributed by atoms with Gasteiger partial charge in [-0.2, -0.15) is 0 Å². The quantitative estimate of drug-likeness (QED) is 0.608. The first kappa shape index (κ1) is 18.8. The summed E-state index contributed by atoms with van der Waals surface area (Å²) in [4.78, 5) is 28.7. The van der Waals surface area contributed by atoms with Gasteiger partial charge in [0.15, 0.2) is 0 Å². The van der Waals surface area contributed by atoms with E-state index in [1.807, 2.05) is 0 Å². The zero-order valence-corrected chi connectivity index (χ0v) is 15.8. The number of hydrogen-bond donors (Lipinski definition) is 0. The van der Waals surface area contributed by atoms with Crippen LogP contribution in [0.2, 0.25) is 0 Å². The molecule has 3 rings (SSSR count). The molecule has 0 aliphatic carbocycles. The van der Waals surface area contributed by atoms with Gasteiger partial charge in [-0.05, 0) is 70.3 Å². The Hall–Kier alpha value is -1.95. The summed E-state index contributed by atoms with van der Waals surface area (Å²) >= 11 is 0. The summed E-state index contributed by atoms with van der Waals surface area (Å²) in [5.41, 5.74) is -0.497. The number of ether oxygens (including phenoxy) is 2. The van der Waals surface area contributed by atoms with Gasteiger partial charge in [0.05, 0.1) is 12.2 Å². The lowest BCUT2D eigenvalue weighted by Gasteiger charge is -2.44. The number of hydrogen-bond acceptors (Lipinski definition) is 5. The minimum atomic E-state index is -1.65. The molecule has 0 spiro atoms. The number of benzene rings is 1. The van der Waals surface area contributed by atoms with Crippen molar-refractivity contribution in [2.75, 3.05) is 6.54 Å². The van der Waals surface area contributed by atoms with Crippen LogP contribution in [0, 0.1) is 5.82 Å². The molecule has 0 aromatic heterocycles. The van der Waals surface area contributed by atoms with Gasteiger partial charge in [-0.15, -0.1) is 0 Å². The van der Waals surface area contributed by atoms with Crippen molar-refractivity contribution in [1.82, 2.24) is 4.90 Å². The molecule has 1 atom stereocenters. The highest BCUT2D eigenvalue weighted by atomic mass is 19.1. The van der Waals surface area contributed by atoms with Crippen molar-refractivity contribution in [1.29, 1.82) is 0 Å². The maximum Gasteiger partial charge on any atom is 0.330 e. The molecule has 1 saturated heterocycles. The lowest BCUT2D eigenvalue weighted by atomic mass is 9.68. The van der Waals surface area contributed by atoms with Crippen LogP contribution in [0.3, 0.4) is 0 Å². The average Bonchev–Trinajstić information content (AvgIpc) is 2.99. The lowest BCUT2D eigenvalue weighted by molar-refractivity contribution is -0.174. The fourth-order valence-corrected chi connectivity index (χ4v) is 4.15. The largest absolute Gasteiger partial charge is 0.462 e. The number of nitrogens with zero attached hydrogens (tertiary/aromatic N) is 1. The molecule has 142 valence electrons. The van der Waals surface area contributed by atoms with Crippen LogP contribution >= 0.6 is 0 Å². The van der Waals surface area contributed by atoms with Crippen molar-refractivity contribution < 1.29 is 23.5 Å². The second kappa shape index (κ2) is 6.99. The Balaban J connectivity index is 2.23. The first-order chi connectivity index (χ1) is 12.3. The van der Waals surface area contributed by atoms with E-state index in [1.165, 1.54) is 12.1 Å². The van der Waals surface area contributed by atoms with E-state index in [-0.39, 0.29) is 18.2 Å². The minimum Gasteiger partial charge on any atom is -0.462 e. The highest BCUT2D eigenvalue weighted by Crippen LogP contribution is 2.46. The van der Waals surface area contributed by atoms with Gasteiger partial charge < -0.3 is 9.47 Å². The predicted molar refractivity (Wildman–Crippen MR) is 94.0 cm³/mol. The molecule has 0 N–H and O–H groups in total. The Bertz CT molecular complexity index is 694. The molecule has 1 aromatic carbocycles. The van der Waals surface area contributed by atoms with Gasteiger partial charge in [0.25, 0.3) is 0 Å². The normalized spacial score (nSPS) is 21.4. The van der Waals surface area contributed by atoms with E-state index in [4.69, 9.17) is 9.47 Å². The van der Waals surface area contributed by atoms with Crippen LogP contribution in [0.5, 0.6) is 0 Å². The topological polar surface area (TPSA) is 55.8 Å². The Morgan fingerprint density at radius 1 is 1.15 bits per heavy atom. The van der Waals surface area contributed by atoms with Crippen LogP contribution < -0.4 is 0 Å². The van der Waals surface area contributed by atoms with E-state index >= 15 is 0 Å². The first-order valence-corrected chi connectivity index (χ1v) is 9.22. The third-order valence-corrected chi connectivity index (χ3v) is 5.06. The van der Waals surface area contributed by atoms with Gasteiger partial charge in [-0.1, -0.05) is 6.07 Å². The second-order valence-corrected chi connectivity index (χ2v) is 7.65. The van der Waals surface area contributed by atoms with Crippen molar-refractivity contribution in [2.45, 2.75) is 70.7 Å². The zero-order chi connectivity index (χ0) is 19.1. The van der Waals surface area contributed by atoms with E-state index < -0.39 is 23.2 Å². The summed E-state index contributed by atoms with van der Waals surface area (Å²) in [6.07, 6.45) is 0.753. The number of carbonyl (C=O) groups excluding carboxylic acids is 2. The zero-order valence-electron chi connectivity index (χ0n) is 15.8. The van der Waals surface area contributed by atoms with Crippen molar-refractivity contribution in [3.8, 4) is 0 Å². The van der Waals surface area contributed by atoms with Crippen LogP contribution in [0.25, 0.3) is 0 Å². The molecule has 2 aliphatic rings. The minimum absolute atomic E-state index is 0.380. The van der Waals surface area contributed by atoms with Crippen molar-refractivity contribution in [2.24, 2.45) is 0 Å². The number of rotatable bonds is 4. The Kier molecular flexibility index (Phi) is 5.06. The van der Waals surface area contributed by atoms with Gasteiger partial charge in [0.1, 0.15) is 5.82 Å². The smallest absolute Gasteiger partial charge is 0.330 e. The average molecular weight is 363 g/mol. The summed E-state index contributed by atoms with van der Waals surface area (Å²) < 4.78 is 25.1. The predicted octanol–water partition coefficient (Wildman–Crippen LogP) is 2.94. The molecule has 1 fully saturated rings. The van der Waals surface area contributed by atoms with E-state index in [2.05, 4.69) is 4.90 Å². The van der Waals surface area contributed by atoms with Crippen molar-refractivity contribution in [3.05, 3.63) is 35.1 Å². The van der Waals surface area contributed by atoms with Crippen LogP contribution in [0.4, 0.5) is 4.39 Å². The summed E-state index contributed by atoms with van der Waals surface area (Å²) in [6, 6.07) is 3.93. The summed E-state index contributed by atoms with van der Waals surface area (Å²) in [5.74, 6) is -1.78. The maximum absolute atomic E-state index is 14.1. The van der Waals surface area contributed by atoms with Crippen LogP contribution in [-0.4, -0.2) is 41.6 Å². The number of fused-ring (bicyclic) bond motifs is 2. The highest BCUT2D eigenvalue weighted by molar-refractivity contribution is 6.08. The van der Waals surface area contributed by atoms with E-state index in [0.29, 0.717) is 18.5 Å². The fourth-order valence-electron chi connectivity index (χ4n) is 4.15. The molecule has 1 unspecified atom stereocenters. The molecular formula is C20H26FNO4. The van der Waals surface area contributed by atoms with Gasteiger partial charge in [-0.3, -0.25) is 14.5 Å². The molecule has 26 heavy (non-hydrogen) atoms. The number of halogens is 1. The Labute approximate surface area is 153 Å². The molecule has 5 nitrogen and oxygen atoms in total. The van der Waals surface area contributed by atoms with Gasteiger partial charge in [0.2, 0.25) is 5.41 Å².